The van der Waals surface area contributed by atoms with Crippen molar-refractivity contribution in [2.75, 3.05) is 0 Å². The molecule has 3 heteroatoms. The maximum atomic E-state index is 8.56. The van der Waals surface area contributed by atoms with E-state index < -0.39 is 0 Å². The molecule has 0 aliphatic heterocycles. The first kappa shape index (κ1) is 6.52. The topological polar surface area (TPSA) is 33.1 Å². The molecule has 9 heavy (non-hydrogen) atoms. The van der Waals surface area contributed by atoms with E-state index >= 15 is 0 Å². The molecule has 0 aliphatic rings. The lowest BCUT2D eigenvalue weighted by Crippen LogP contribution is -1.83. The SMILES string of the molecule is OCc1c[c]nc(Cl)c1. The molecule has 47 valence electrons. The van der Waals surface area contributed by atoms with Gasteiger partial charge in [0.25, 0.3) is 0 Å². The van der Waals surface area contributed by atoms with Crippen molar-refractivity contribution >= 4 is 11.6 Å². The van der Waals surface area contributed by atoms with E-state index in [1.165, 1.54) is 0 Å². The van der Waals surface area contributed by atoms with Crippen LogP contribution >= 0.6 is 11.6 Å². The monoisotopic (exact) mass is 142 g/mol. The number of rotatable bonds is 1. The molecule has 1 rings (SSSR count). The van der Waals surface area contributed by atoms with Crippen molar-refractivity contribution in [2.24, 2.45) is 0 Å². The predicted octanol–water partition coefficient (Wildman–Crippen LogP) is 1.03. The fraction of sp³-hybridized carbons (Fsp3) is 0.167. The van der Waals surface area contributed by atoms with E-state index in [9.17, 15) is 0 Å². The van der Waals surface area contributed by atoms with Gasteiger partial charge in [0.05, 0.1) is 12.8 Å². The third kappa shape index (κ3) is 1.66. The second-order valence-corrected chi connectivity index (χ2v) is 1.97. The summed E-state index contributed by atoms with van der Waals surface area (Å²) in [5.74, 6) is 0. The summed E-state index contributed by atoms with van der Waals surface area (Å²) < 4.78 is 0. The molecule has 1 aromatic heterocycles. The minimum absolute atomic E-state index is 0.0151. The average Bonchev–Trinajstić information content (AvgIpc) is 1.88. The minimum Gasteiger partial charge on any atom is -0.392 e. The maximum Gasteiger partial charge on any atom is 0.130 e. The Bertz CT molecular complexity index is 202. The highest BCUT2D eigenvalue weighted by molar-refractivity contribution is 6.29. The van der Waals surface area contributed by atoms with E-state index in [1.807, 2.05) is 0 Å². The number of hydrogen-bond acceptors (Lipinski definition) is 2. The predicted molar refractivity (Wildman–Crippen MR) is 34.0 cm³/mol. The lowest BCUT2D eigenvalue weighted by Gasteiger charge is -1.91. The van der Waals surface area contributed by atoms with Gasteiger partial charge >= 0.3 is 0 Å². The van der Waals surface area contributed by atoms with E-state index in [1.54, 1.807) is 12.1 Å². The molecule has 1 N–H and O–H groups in total. The zero-order chi connectivity index (χ0) is 6.69. The Morgan fingerprint density at radius 2 is 2.56 bits per heavy atom. The van der Waals surface area contributed by atoms with Gasteiger partial charge in [-0.05, 0) is 17.7 Å². The summed E-state index contributed by atoms with van der Waals surface area (Å²) in [6, 6.07) is 3.18. The average molecular weight is 143 g/mol. The number of aliphatic hydroxyl groups excluding tert-OH is 1. The van der Waals surface area contributed by atoms with Crippen LogP contribution in [-0.2, 0) is 6.61 Å². The van der Waals surface area contributed by atoms with Crippen LogP contribution in [0.1, 0.15) is 5.56 Å². The number of hydrogen-bond donors (Lipinski definition) is 1. The highest BCUT2D eigenvalue weighted by Crippen LogP contribution is 2.05. The van der Waals surface area contributed by atoms with E-state index in [4.69, 9.17) is 16.7 Å². The van der Waals surface area contributed by atoms with Gasteiger partial charge in [0.2, 0.25) is 0 Å². The van der Waals surface area contributed by atoms with E-state index in [0.29, 0.717) is 5.15 Å². The lowest BCUT2D eigenvalue weighted by molar-refractivity contribution is 0.281. The van der Waals surface area contributed by atoms with Crippen molar-refractivity contribution < 1.29 is 5.11 Å². The Kier molecular flexibility index (Phi) is 2.03. The Hall–Kier alpha value is -0.600. The van der Waals surface area contributed by atoms with Crippen molar-refractivity contribution in [3.63, 3.8) is 0 Å². The molecule has 0 aliphatic carbocycles. The molecular formula is C6H5ClNO. The minimum atomic E-state index is -0.0151. The molecule has 1 aromatic rings. The smallest absolute Gasteiger partial charge is 0.130 e. The molecule has 0 atom stereocenters. The fourth-order valence-corrected chi connectivity index (χ4v) is 0.684. The quantitative estimate of drug-likeness (QED) is 0.594. The van der Waals surface area contributed by atoms with Crippen LogP contribution in [-0.4, -0.2) is 10.1 Å². The lowest BCUT2D eigenvalue weighted by atomic mass is 10.3. The third-order valence-corrected chi connectivity index (χ3v) is 1.10. The summed E-state index contributed by atoms with van der Waals surface area (Å²) in [5.41, 5.74) is 0.731. The fourth-order valence-electron chi connectivity index (χ4n) is 0.495. The van der Waals surface area contributed by atoms with Gasteiger partial charge in [0.1, 0.15) is 5.15 Å². The second-order valence-electron chi connectivity index (χ2n) is 1.59. The van der Waals surface area contributed by atoms with Crippen molar-refractivity contribution in [3.8, 4) is 0 Å². The van der Waals surface area contributed by atoms with Gasteiger partial charge in [-0.15, -0.1) is 0 Å². The normalized spacial score (nSPS) is 9.56. The Labute approximate surface area is 58.1 Å². The van der Waals surface area contributed by atoms with Crippen LogP contribution in [0.3, 0.4) is 0 Å². The van der Waals surface area contributed by atoms with Crippen LogP contribution in [0.5, 0.6) is 0 Å². The van der Waals surface area contributed by atoms with Crippen LogP contribution in [0.25, 0.3) is 0 Å². The van der Waals surface area contributed by atoms with Gasteiger partial charge < -0.3 is 5.11 Å². The molecule has 0 amide bonds. The second kappa shape index (κ2) is 2.80. The first-order chi connectivity index (χ1) is 4.33. The molecule has 0 spiro atoms. The summed E-state index contributed by atoms with van der Waals surface area (Å²) in [4.78, 5) is 3.62. The first-order valence-corrected chi connectivity index (χ1v) is 2.84. The van der Waals surface area contributed by atoms with Crippen LogP contribution in [0.2, 0.25) is 5.15 Å². The van der Waals surface area contributed by atoms with Crippen LogP contribution in [0.15, 0.2) is 12.1 Å². The molecule has 1 heterocycles. The molecule has 0 bridgehead atoms. The first-order valence-electron chi connectivity index (χ1n) is 2.46. The zero-order valence-corrected chi connectivity index (χ0v) is 5.39. The summed E-state index contributed by atoms with van der Waals surface area (Å²) in [5, 5.41) is 8.92. The van der Waals surface area contributed by atoms with E-state index in [0.717, 1.165) is 5.56 Å². The number of pyridine rings is 1. The van der Waals surface area contributed by atoms with Crippen LogP contribution in [0, 0.1) is 6.20 Å². The number of halogens is 1. The summed E-state index contributed by atoms with van der Waals surface area (Å²) in [7, 11) is 0. The van der Waals surface area contributed by atoms with Gasteiger partial charge in [0, 0.05) is 0 Å². The largest absolute Gasteiger partial charge is 0.392 e. The van der Waals surface area contributed by atoms with Gasteiger partial charge in [-0.25, -0.2) is 4.98 Å². The molecular weight excluding hydrogens is 138 g/mol. The molecule has 2 nitrogen and oxygen atoms in total. The van der Waals surface area contributed by atoms with Crippen LogP contribution < -0.4 is 0 Å². The van der Waals surface area contributed by atoms with Crippen molar-refractivity contribution in [1.29, 1.82) is 0 Å². The highest BCUT2D eigenvalue weighted by Gasteiger charge is 1.90. The van der Waals surface area contributed by atoms with Crippen LogP contribution in [0.4, 0.5) is 0 Å². The van der Waals surface area contributed by atoms with E-state index in [-0.39, 0.29) is 6.61 Å². The highest BCUT2D eigenvalue weighted by atomic mass is 35.5. The molecule has 0 unspecified atom stereocenters. The van der Waals surface area contributed by atoms with Gasteiger partial charge in [-0.2, -0.15) is 0 Å². The molecule has 0 saturated carbocycles. The Morgan fingerprint density at radius 1 is 1.78 bits per heavy atom. The van der Waals surface area contributed by atoms with Crippen molar-refractivity contribution in [2.45, 2.75) is 6.61 Å². The Morgan fingerprint density at radius 3 is 3.00 bits per heavy atom. The number of aromatic nitrogens is 1. The standard InChI is InChI=1S/C6H5ClNO/c7-6-3-5(4-9)1-2-8-6/h1,3,9H,4H2. The molecule has 0 saturated heterocycles. The summed E-state index contributed by atoms with van der Waals surface area (Å²) in [6.07, 6.45) is 2.54. The molecule has 0 aromatic carbocycles. The summed E-state index contributed by atoms with van der Waals surface area (Å²) in [6.45, 7) is -0.0151. The number of aliphatic hydroxyl groups is 1. The maximum absolute atomic E-state index is 8.56. The van der Waals surface area contributed by atoms with Gasteiger partial charge in [-0.3, -0.25) is 0 Å². The zero-order valence-electron chi connectivity index (χ0n) is 4.63. The molecule has 1 radical (unpaired) electrons. The third-order valence-electron chi connectivity index (χ3n) is 0.908. The van der Waals surface area contributed by atoms with Crippen molar-refractivity contribution in [1.82, 2.24) is 4.98 Å². The summed E-state index contributed by atoms with van der Waals surface area (Å²) >= 11 is 5.47. The molecule has 0 fully saturated rings. The van der Waals surface area contributed by atoms with Crippen molar-refractivity contribution in [3.05, 3.63) is 29.0 Å². The van der Waals surface area contributed by atoms with E-state index in [2.05, 4.69) is 11.2 Å². The number of nitrogens with zero attached hydrogens (tertiary/aromatic N) is 1. The van der Waals surface area contributed by atoms with Gasteiger partial charge in [0.15, 0.2) is 0 Å². The van der Waals surface area contributed by atoms with Gasteiger partial charge in [-0.1, -0.05) is 11.6 Å². The Balaban J connectivity index is 2.94.